The lowest BCUT2D eigenvalue weighted by Gasteiger charge is -2.48. The highest BCUT2D eigenvalue weighted by Gasteiger charge is 2.64. The van der Waals surface area contributed by atoms with E-state index in [9.17, 15) is 19.6 Å². The number of nitriles is 1. The molecule has 1 aliphatic carbocycles. The summed E-state index contributed by atoms with van der Waals surface area (Å²) in [6.07, 6.45) is 1.82. The van der Waals surface area contributed by atoms with E-state index in [1.54, 1.807) is 40.8 Å². The van der Waals surface area contributed by atoms with Crippen LogP contribution >= 0.6 is 0 Å². The Morgan fingerprint density at radius 3 is 2.58 bits per heavy atom. The molecule has 0 spiro atoms. The molecular formula is C27H23N5O4. The minimum absolute atomic E-state index is 0.126. The Balaban J connectivity index is 1.40. The number of fused-ring (bicyclic) bond motifs is 3. The van der Waals surface area contributed by atoms with Crippen LogP contribution in [0.15, 0.2) is 54.6 Å². The van der Waals surface area contributed by atoms with Gasteiger partial charge in [-0.05, 0) is 44.0 Å². The smallest absolute Gasteiger partial charge is 0.354 e. The van der Waals surface area contributed by atoms with Crippen molar-refractivity contribution >= 4 is 23.5 Å². The van der Waals surface area contributed by atoms with Crippen molar-refractivity contribution in [1.82, 2.24) is 14.7 Å². The van der Waals surface area contributed by atoms with Crippen molar-refractivity contribution < 1.29 is 19.1 Å². The van der Waals surface area contributed by atoms with E-state index in [1.165, 1.54) is 4.90 Å². The normalized spacial score (nSPS) is 20.7. The van der Waals surface area contributed by atoms with Crippen LogP contribution in [-0.4, -0.2) is 44.2 Å². The second kappa shape index (κ2) is 8.05. The Morgan fingerprint density at radius 2 is 1.86 bits per heavy atom. The molecule has 180 valence electrons. The van der Waals surface area contributed by atoms with E-state index in [4.69, 9.17) is 4.74 Å². The molecule has 6 rings (SSSR count). The van der Waals surface area contributed by atoms with Gasteiger partial charge in [-0.2, -0.15) is 10.4 Å². The van der Waals surface area contributed by atoms with E-state index in [0.29, 0.717) is 28.2 Å². The molecule has 2 fully saturated rings. The fraction of sp³-hybridized carbons (Fsp3) is 0.296. The van der Waals surface area contributed by atoms with E-state index in [1.807, 2.05) is 30.3 Å². The highest BCUT2D eigenvalue weighted by Crippen LogP contribution is 2.49. The van der Waals surface area contributed by atoms with Crippen LogP contribution in [0.3, 0.4) is 0 Å². The zero-order valence-corrected chi connectivity index (χ0v) is 19.7. The first kappa shape index (κ1) is 22.0. The lowest BCUT2D eigenvalue weighted by atomic mass is 9.96. The number of carbonyl (C=O) groups excluding carboxylic acids is 3. The summed E-state index contributed by atoms with van der Waals surface area (Å²) in [7, 11) is 0. The van der Waals surface area contributed by atoms with E-state index in [0.717, 1.165) is 18.5 Å². The predicted molar refractivity (Wildman–Crippen MR) is 128 cm³/mol. The number of hydrogen-bond donors (Lipinski definition) is 0. The number of aryl methyl sites for hydroxylation is 1. The van der Waals surface area contributed by atoms with Crippen molar-refractivity contribution in [3.05, 3.63) is 77.1 Å². The molecule has 9 heteroatoms. The summed E-state index contributed by atoms with van der Waals surface area (Å²) >= 11 is 0. The summed E-state index contributed by atoms with van der Waals surface area (Å²) in [4.78, 5) is 43.7. The maximum Gasteiger partial charge on any atom is 0.354 e. The predicted octanol–water partition coefficient (Wildman–Crippen LogP) is 3.24. The van der Waals surface area contributed by atoms with Gasteiger partial charge in [0.1, 0.15) is 18.2 Å². The number of esters is 1. The summed E-state index contributed by atoms with van der Waals surface area (Å²) < 4.78 is 7.47. The van der Waals surface area contributed by atoms with Crippen LogP contribution in [0.25, 0.3) is 5.69 Å². The van der Waals surface area contributed by atoms with E-state index < -0.39 is 11.6 Å². The number of hydrogen-bond acceptors (Lipinski definition) is 6. The highest BCUT2D eigenvalue weighted by atomic mass is 16.5. The second-order valence-corrected chi connectivity index (χ2v) is 9.31. The van der Waals surface area contributed by atoms with Gasteiger partial charge >= 0.3 is 5.97 Å². The summed E-state index contributed by atoms with van der Waals surface area (Å²) in [6.45, 7) is 1.50. The van der Waals surface area contributed by atoms with Gasteiger partial charge in [0.15, 0.2) is 0 Å². The summed E-state index contributed by atoms with van der Waals surface area (Å²) in [6, 6.07) is 18.2. The van der Waals surface area contributed by atoms with Crippen LogP contribution in [0.4, 0.5) is 5.69 Å². The Morgan fingerprint density at radius 1 is 1.14 bits per heavy atom. The molecule has 3 heterocycles. The molecule has 0 bridgehead atoms. The molecule has 9 nitrogen and oxygen atoms in total. The molecule has 0 radical (unpaired) electrons. The Bertz CT molecular complexity index is 1450. The van der Waals surface area contributed by atoms with E-state index in [2.05, 4.69) is 11.2 Å². The first-order chi connectivity index (χ1) is 17.5. The van der Waals surface area contributed by atoms with Gasteiger partial charge in [0.05, 0.1) is 28.3 Å². The average Bonchev–Trinajstić information content (AvgIpc) is 3.59. The molecule has 1 saturated carbocycles. The van der Waals surface area contributed by atoms with Crippen LogP contribution in [0.2, 0.25) is 0 Å². The molecular weight excluding hydrogens is 458 g/mol. The van der Waals surface area contributed by atoms with Crippen molar-refractivity contribution in [3.8, 4) is 11.8 Å². The standard InChI is InChI=1S/C27H23N5O4/c1-17-21(15-28)23(32(29-17)19-7-3-2-4-8-19)16-36-26(35)27-14-13-24(33)31(27)22-10-6-5-9-20(22)25(34)30(27)18-11-12-18/h2-10,18H,11-14,16H2,1H3. The second-order valence-electron chi connectivity index (χ2n) is 9.31. The number of carbonyl (C=O) groups is 3. The molecule has 1 unspecified atom stereocenters. The summed E-state index contributed by atoms with van der Waals surface area (Å²) in [5.74, 6) is -1.16. The average molecular weight is 482 g/mol. The molecule has 3 aromatic rings. The third-order valence-electron chi connectivity index (χ3n) is 7.15. The Labute approximate surface area is 207 Å². The summed E-state index contributed by atoms with van der Waals surface area (Å²) in [5.41, 5.74) is 1.31. The van der Waals surface area contributed by atoms with Gasteiger partial charge in [-0.1, -0.05) is 30.3 Å². The number of benzene rings is 2. The molecule has 3 aliphatic rings. The molecule has 2 aromatic carbocycles. The zero-order chi connectivity index (χ0) is 25.0. The number of amides is 2. The van der Waals surface area contributed by atoms with Gasteiger partial charge < -0.3 is 9.64 Å². The number of nitrogens with zero attached hydrogens (tertiary/aromatic N) is 5. The quantitative estimate of drug-likeness (QED) is 0.518. The largest absolute Gasteiger partial charge is 0.456 e. The van der Waals surface area contributed by atoms with Crippen LogP contribution < -0.4 is 4.90 Å². The SMILES string of the molecule is Cc1nn(-c2ccccc2)c(COC(=O)C23CCC(=O)N2c2ccccc2C(=O)N3C2CC2)c1C#N. The van der Waals surface area contributed by atoms with Crippen LogP contribution in [0, 0.1) is 18.3 Å². The molecule has 0 N–H and O–H groups in total. The topological polar surface area (TPSA) is 109 Å². The van der Waals surface area contributed by atoms with Gasteiger partial charge in [-0.3, -0.25) is 14.5 Å². The fourth-order valence-electron chi connectivity index (χ4n) is 5.40. The first-order valence-electron chi connectivity index (χ1n) is 11.9. The van der Waals surface area contributed by atoms with Crippen molar-refractivity contribution in [2.24, 2.45) is 0 Å². The van der Waals surface area contributed by atoms with Gasteiger partial charge in [-0.15, -0.1) is 0 Å². The minimum atomic E-state index is -1.54. The van der Waals surface area contributed by atoms with Gasteiger partial charge in [0.2, 0.25) is 11.6 Å². The third kappa shape index (κ3) is 3.07. The number of rotatable bonds is 5. The van der Waals surface area contributed by atoms with Crippen LogP contribution in [0.1, 0.15) is 53.0 Å². The number of para-hydroxylation sites is 2. The van der Waals surface area contributed by atoms with Crippen LogP contribution in [-0.2, 0) is 20.9 Å². The lowest BCUT2D eigenvalue weighted by molar-refractivity contribution is -0.159. The third-order valence-corrected chi connectivity index (χ3v) is 7.15. The molecule has 1 saturated heterocycles. The molecule has 2 amide bonds. The number of ether oxygens (including phenoxy) is 1. The maximum atomic E-state index is 14.0. The van der Waals surface area contributed by atoms with E-state index >= 15 is 0 Å². The minimum Gasteiger partial charge on any atom is -0.456 e. The first-order valence-corrected chi connectivity index (χ1v) is 11.9. The lowest BCUT2D eigenvalue weighted by Crippen LogP contribution is -2.69. The Hall–Kier alpha value is -4.45. The summed E-state index contributed by atoms with van der Waals surface area (Å²) in [5, 5.41) is 14.3. The van der Waals surface area contributed by atoms with Gasteiger partial charge in [-0.25, -0.2) is 9.48 Å². The fourth-order valence-corrected chi connectivity index (χ4v) is 5.40. The van der Waals surface area contributed by atoms with Crippen molar-refractivity contribution in [2.45, 2.75) is 50.9 Å². The van der Waals surface area contributed by atoms with Crippen molar-refractivity contribution in [2.75, 3.05) is 4.90 Å². The molecule has 36 heavy (non-hydrogen) atoms. The van der Waals surface area contributed by atoms with Crippen LogP contribution in [0.5, 0.6) is 0 Å². The number of aromatic nitrogens is 2. The highest BCUT2D eigenvalue weighted by molar-refractivity contribution is 6.15. The van der Waals surface area contributed by atoms with E-state index in [-0.39, 0.29) is 37.3 Å². The van der Waals surface area contributed by atoms with Crippen molar-refractivity contribution in [1.29, 1.82) is 5.26 Å². The molecule has 1 atom stereocenters. The Kier molecular flexibility index (Phi) is 4.93. The molecule has 1 aromatic heterocycles. The van der Waals surface area contributed by atoms with Gasteiger partial charge in [0, 0.05) is 18.9 Å². The van der Waals surface area contributed by atoms with Crippen molar-refractivity contribution in [3.63, 3.8) is 0 Å². The van der Waals surface area contributed by atoms with Gasteiger partial charge in [0.25, 0.3) is 5.91 Å². The molecule has 2 aliphatic heterocycles. The monoisotopic (exact) mass is 481 g/mol. The zero-order valence-electron chi connectivity index (χ0n) is 19.7. The number of anilines is 1. The maximum absolute atomic E-state index is 14.0.